The maximum Gasteiger partial charge on any atom is 0.252 e. The summed E-state index contributed by atoms with van der Waals surface area (Å²) in [5, 5.41) is 3.02. The van der Waals surface area contributed by atoms with Crippen molar-refractivity contribution in [1.82, 2.24) is 15.2 Å². The van der Waals surface area contributed by atoms with Crippen LogP contribution in [-0.4, -0.2) is 35.5 Å². The number of carbonyl (C=O) groups is 1. The third-order valence-corrected chi connectivity index (χ3v) is 4.46. The highest BCUT2D eigenvalue weighted by Crippen LogP contribution is 2.22. The number of aromatic nitrogens is 1. The monoisotopic (exact) mass is 321 g/mol. The molecule has 0 spiro atoms. The summed E-state index contributed by atoms with van der Waals surface area (Å²) in [6.07, 6.45) is 5.02. The standard InChI is InChI=1S/C20H23N3O/c1-15-6-3-4-8-18(15)20(24)22-14-23-12-9-17(10-13-23)19-16(2)7-5-11-21-19/h3-9,11H,10,12-14H2,1-2H3,(H,22,24). The van der Waals surface area contributed by atoms with E-state index in [1.54, 1.807) is 0 Å². The molecule has 4 heteroatoms. The molecule has 1 N–H and O–H groups in total. The number of hydrogen-bond acceptors (Lipinski definition) is 3. The lowest BCUT2D eigenvalue weighted by Crippen LogP contribution is -2.40. The van der Waals surface area contributed by atoms with E-state index in [-0.39, 0.29) is 5.91 Å². The first-order valence-corrected chi connectivity index (χ1v) is 8.32. The van der Waals surface area contributed by atoms with E-state index in [0.717, 1.165) is 36.3 Å². The van der Waals surface area contributed by atoms with Gasteiger partial charge in [0.2, 0.25) is 0 Å². The van der Waals surface area contributed by atoms with Crippen LogP contribution in [0.5, 0.6) is 0 Å². The maximum atomic E-state index is 12.3. The molecular weight excluding hydrogens is 298 g/mol. The van der Waals surface area contributed by atoms with E-state index >= 15 is 0 Å². The minimum Gasteiger partial charge on any atom is -0.339 e. The Morgan fingerprint density at radius 1 is 1.17 bits per heavy atom. The Balaban J connectivity index is 1.57. The molecule has 1 amide bonds. The summed E-state index contributed by atoms with van der Waals surface area (Å²) in [6.45, 7) is 6.38. The first kappa shape index (κ1) is 16.4. The van der Waals surface area contributed by atoms with Crippen molar-refractivity contribution < 1.29 is 4.79 Å². The second kappa shape index (κ2) is 7.41. The van der Waals surface area contributed by atoms with Crippen LogP contribution in [0.1, 0.15) is 33.6 Å². The third-order valence-electron chi connectivity index (χ3n) is 4.46. The molecule has 24 heavy (non-hydrogen) atoms. The van der Waals surface area contributed by atoms with Crippen LogP contribution >= 0.6 is 0 Å². The summed E-state index contributed by atoms with van der Waals surface area (Å²) in [5.41, 5.74) is 5.36. The molecule has 124 valence electrons. The molecule has 1 aliphatic heterocycles. The molecule has 1 aliphatic rings. The van der Waals surface area contributed by atoms with Crippen molar-refractivity contribution in [2.24, 2.45) is 0 Å². The molecule has 1 aromatic heterocycles. The Kier molecular flexibility index (Phi) is 5.06. The fourth-order valence-corrected chi connectivity index (χ4v) is 3.00. The summed E-state index contributed by atoms with van der Waals surface area (Å²) in [7, 11) is 0. The van der Waals surface area contributed by atoms with Crippen molar-refractivity contribution >= 4 is 11.5 Å². The van der Waals surface area contributed by atoms with E-state index in [4.69, 9.17) is 0 Å². The zero-order valence-electron chi connectivity index (χ0n) is 14.2. The Hall–Kier alpha value is -2.46. The molecule has 0 saturated carbocycles. The highest BCUT2D eigenvalue weighted by molar-refractivity contribution is 5.95. The second-order valence-corrected chi connectivity index (χ2v) is 6.20. The van der Waals surface area contributed by atoms with Gasteiger partial charge in [-0.3, -0.25) is 14.7 Å². The van der Waals surface area contributed by atoms with Crippen molar-refractivity contribution in [2.75, 3.05) is 19.8 Å². The predicted molar refractivity (Wildman–Crippen MR) is 96.7 cm³/mol. The molecule has 3 rings (SSSR count). The van der Waals surface area contributed by atoms with Gasteiger partial charge in [0.1, 0.15) is 0 Å². The fourth-order valence-electron chi connectivity index (χ4n) is 3.00. The molecule has 0 atom stereocenters. The quantitative estimate of drug-likeness (QED) is 0.941. The lowest BCUT2D eigenvalue weighted by Gasteiger charge is -2.26. The van der Waals surface area contributed by atoms with Gasteiger partial charge in [-0.25, -0.2) is 0 Å². The number of nitrogens with zero attached hydrogens (tertiary/aromatic N) is 2. The zero-order chi connectivity index (χ0) is 16.9. The molecule has 4 nitrogen and oxygen atoms in total. The second-order valence-electron chi connectivity index (χ2n) is 6.20. The molecular formula is C20H23N3O. The summed E-state index contributed by atoms with van der Waals surface area (Å²) in [5.74, 6) is -0.0107. The molecule has 2 heterocycles. The first-order chi connectivity index (χ1) is 11.6. The number of aryl methyl sites for hydroxylation is 2. The molecule has 1 aromatic carbocycles. The van der Waals surface area contributed by atoms with Gasteiger partial charge in [0.05, 0.1) is 12.4 Å². The average molecular weight is 321 g/mol. The van der Waals surface area contributed by atoms with Gasteiger partial charge in [-0.1, -0.05) is 30.3 Å². The minimum atomic E-state index is -0.0107. The normalized spacial score (nSPS) is 15.0. The summed E-state index contributed by atoms with van der Waals surface area (Å²) >= 11 is 0. The van der Waals surface area contributed by atoms with Crippen molar-refractivity contribution in [3.05, 3.63) is 71.1 Å². The number of rotatable bonds is 4. The molecule has 2 aromatic rings. The number of pyridine rings is 1. The van der Waals surface area contributed by atoms with Gasteiger partial charge < -0.3 is 5.32 Å². The highest BCUT2D eigenvalue weighted by atomic mass is 16.1. The SMILES string of the molecule is Cc1ccccc1C(=O)NCN1CC=C(c2ncccc2C)CC1. The van der Waals surface area contributed by atoms with Gasteiger partial charge in [0.15, 0.2) is 0 Å². The maximum absolute atomic E-state index is 12.3. The molecule has 0 aliphatic carbocycles. The highest BCUT2D eigenvalue weighted by Gasteiger charge is 2.16. The van der Waals surface area contributed by atoms with Crippen molar-refractivity contribution in [3.63, 3.8) is 0 Å². The first-order valence-electron chi connectivity index (χ1n) is 8.32. The van der Waals surface area contributed by atoms with E-state index < -0.39 is 0 Å². The largest absolute Gasteiger partial charge is 0.339 e. The van der Waals surface area contributed by atoms with Crippen LogP contribution in [0.4, 0.5) is 0 Å². The Bertz CT molecular complexity index is 767. The van der Waals surface area contributed by atoms with Gasteiger partial charge in [-0.2, -0.15) is 0 Å². The number of nitrogens with one attached hydrogen (secondary N) is 1. The smallest absolute Gasteiger partial charge is 0.252 e. The Labute approximate surface area is 143 Å². The number of amides is 1. The molecule has 0 radical (unpaired) electrons. The fraction of sp³-hybridized carbons (Fsp3) is 0.300. The van der Waals surface area contributed by atoms with Crippen LogP contribution in [0, 0.1) is 13.8 Å². The van der Waals surface area contributed by atoms with E-state index in [1.165, 1.54) is 11.1 Å². The number of hydrogen-bond donors (Lipinski definition) is 1. The van der Waals surface area contributed by atoms with Crippen molar-refractivity contribution in [3.8, 4) is 0 Å². The minimum absolute atomic E-state index is 0.0107. The van der Waals surface area contributed by atoms with Gasteiger partial charge in [-0.05, 0) is 49.1 Å². The Morgan fingerprint density at radius 3 is 2.67 bits per heavy atom. The predicted octanol–water partition coefficient (Wildman–Crippen LogP) is 3.18. The Morgan fingerprint density at radius 2 is 1.96 bits per heavy atom. The van der Waals surface area contributed by atoms with Crippen LogP contribution < -0.4 is 5.32 Å². The topological polar surface area (TPSA) is 45.2 Å². The summed E-state index contributed by atoms with van der Waals surface area (Å²) in [6, 6.07) is 11.7. The van der Waals surface area contributed by atoms with Gasteiger partial charge in [0.25, 0.3) is 5.91 Å². The molecule has 0 fully saturated rings. The lowest BCUT2D eigenvalue weighted by molar-refractivity contribution is 0.0925. The average Bonchev–Trinajstić information content (AvgIpc) is 2.61. The van der Waals surface area contributed by atoms with E-state index in [0.29, 0.717) is 6.67 Å². The molecule has 0 unspecified atom stereocenters. The summed E-state index contributed by atoms with van der Waals surface area (Å²) in [4.78, 5) is 19.0. The van der Waals surface area contributed by atoms with Gasteiger partial charge in [0, 0.05) is 24.8 Å². The van der Waals surface area contributed by atoms with Gasteiger partial charge in [-0.15, -0.1) is 0 Å². The van der Waals surface area contributed by atoms with Crippen LogP contribution in [-0.2, 0) is 0 Å². The van der Waals surface area contributed by atoms with Crippen LogP contribution in [0.3, 0.4) is 0 Å². The molecule has 0 bridgehead atoms. The van der Waals surface area contributed by atoms with Crippen LogP contribution in [0.2, 0.25) is 0 Å². The lowest BCUT2D eigenvalue weighted by atomic mass is 10.0. The third kappa shape index (κ3) is 3.71. The molecule has 0 saturated heterocycles. The van der Waals surface area contributed by atoms with Crippen LogP contribution in [0.15, 0.2) is 48.7 Å². The van der Waals surface area contributed by atoms with E-state index in [2.05, 4.69) is 34.3 Å². The van der Waals surface area contributed by atoms with E-state index in [9.17, 15) is 4.79 Å². The number of benzene rings is 1. The van der Waals surface area contributed by atoms with Crippen molar-refractivity contribution in [2.45, 2.75) is 20.3 Å². The van der Waals surface area contributed by atoms with E-state index in [1.807, 2.05) is 43.5 Å². The number of carbonyl (C=O) groups excluding carboxylic acids is 1. The zero-order valence-corrected chi connectivity index (χ0v) is 14.2. The van der Waals surface area contributed by atoms with Crippen molar-refractivity contribution in [1.29, 1.82) is 0 Å². The summed E-state index contributed by atoms with van der Waals surface area (Å²) < 4.78 is 0. The van der Waals surface area contributed by atoms with Gasteiger partial charge >= 0.3 is 0 Å². The van der Waals surface area contributed by atoms with Crippen LogP contribution in [0.25, 0.3) is 5.57 Å².